The number of carbonyl (C=O) groups is 1. The van der Waals surface area contributed by atoms with E-state index in [1.165, 1.54) is 6.42 Å². The first-order valence-electron chi connectivity index (χ1n) is 7.70. The fourth-order valence-electron chi connectivity index (χ4n) is 2.81. The average molecular weight is 299 g/mol. The summed E-state index contributed by atoms with van der Waals surface area (Å²) < 4.78 is 2.14. The maximum atomic E-state index is 12.3. The Morgan fingerprint density at radius 3 is 3.05 bits per heavy atom. The first-order chi connectivity index (χ1) is 10.6. The second-order valence-electron chi connectivity index (χ2n) is 5.75. The fourth-order valence-corrected chi connectivity index (χ4v) is 2.81. The van der Waals surface area contributed by atoms with Crippen molar-refractivity contribution in [1.82, 2.24) is 20.1 Å². The van der Waals surface area contributed by atoms with Crippen LogP contribution in [0.4, 0.5) is 5.69 Å². The van der Waals surface area contributed by atoms with E-state index < -0.39 is 0 Å². The Labute approximate surface area is 129 Å². The molecule has 1 aliphatic rings. The number of nitrogens with two attached hydrogens (primary N) is 1. The molecule has 3 N–H and O–H groups in total. The zero-order valence-electron chi connectivity index (χ0n) is 12.8. The Kier molecular flexibility index (Phi) is 4.09. The molecule has 1 aliphatic heterocycles. The average Bonchev–Trinajstić information content (AvgIpc) is 2.74. The molecule has 3 rings (SSSR count). The van der Waals surface area contributed by atoms with Crippen LogP contribution in [0.3, 0.4) is 0 Å². The van der Waals surface area contributed by atoms with Crippen molar-refractivity contribution in [2.45, 2.75) is 45.7 Å². The van der Waals surface area contributed by atoms with E-state index in [4.69, 9.17) is 5.73 Å². The highest BCUT2D eigenvalue weighted by atomic mass is 16.1. The second kappa shape index (κ2) is 6.17. The molecule has 0 unspecified atom stereocenters. The summed E-state index contributed by atoms with van der Waals surface area (Å²) in [6.45, 7) is 3.22. The number of aromatic nitrogens is 3. The largest absolute Gasteiger partial charge is 0.399 e. The minimum atomic E-state index is -0.129. The molecule has 0 fully saturated rings. The molecule has 1 aromatic heterocycles. The van der Waals surface area contributed by atoms with E-state index in [-0.39, 0.29) is 5.91 Å². The molecule has 1 aromatic carbocycles. The number of nitrogen functional groups attached to an aromatic ring is 1. The molecule has 0 bridgehead atoms. The third-order valence-electron chi connectivity index (χ3n) is 4.10. The van der Waals surface area contributed by atoms with E-state index in [1.54, 1.807) is 12.1 Å². The molecular formula is C16H21N5O. The highest BCUT2D eigenvalue weighted by molar-refractivity contribution is 5.96. The number of aryl methyl sites for hydroxylation is 2. The van der Waals surface area contributed by atoms with Gasteiger partial charge in [0.1, 0.15) is 5.82 Å². The van der Waals surface area contributed by atoms with Crippen molar-refractivity contribution in [2.75, 3.05) is 5.73 Å². The van der Waals surface area contributed by atoms with Gasteiger partial charge in [-0.15, -0.1) is 10.2 Å². The van der Waals surface area contributed by atoms with Gasteiger partial charge in [0.25, 0.3) is 5.91 Å². The summed E-state index contributed by atoms with van der Waals surface area (Å²) in [7, 11) is 0. The number of benzene rings is 1. The van der Waals surface area contributed by atoms with Crippen LogP contribution in [0, 0.1) is 6.92 Å². The quantitative estimate of drug-likeness (QED) is 0.847. The summed E-state index contributed by atoms with van der Waals surface area (Å²) in [5.41, 5.74) is 7.86. The van der Waals surface area contributed by atoms with Gasteiger partial charge < -0.3 is 15.6 Å². The van der Waals surface area contributed by atoms with Crippen LogP contribution in [0.25, 0.3) is 0 Å². The Balaban J connectivity index is 1.71. The first kappa shape index (κ1) is 14.6. The van der Waals surface area contributed by atoms with Crippen molar-refractivity contribution >= 4 is 11.6 Å². The number of amides is 1. The lowest BCUT2D eigenvalue weighted by Crippen LogP contribution is -2.25. The molecule has 2 aromatic rings. The van der Waals surface area contributed by atoms with Crippen LogP contribution < -0.4 is 11.1 Å². The van der Waals surface area contributed by atoms with Gasteiger partial charge in [0, 0.05) is 24.2 Å². The Hall–Kier alpha value is -2.37. The van der Waals surface area contributed by atoms with Gasteiger partial charge in [0.15, 0.2) is 5.82 Å². The van der Waals surface area contributed by atoms with Gasteiger partial charge in [-0.1, -0.05) is 12.5 Å². The Morgan fingerprint density at radius 1 is 1.32 bits per heavy atom. The van der Waals surface area contributed by atoms with Gasteiger partial charge >= 0.3 is 0 Å². The predicted octanol–water partition coefficient (Wildman–Crippen LogP) is 1.83. The van der Waals surface area contributed by atoms with E-state index in [1.807, 2.05) is 13.0 Å². The molecule has 116 valence electrons. The molecular weight excluding hydrogens is 278 g/mol. The van der Waals surface area contributed by atoms with E-state index in [0.717, 1.165) is 43.0 Å². The molecule has 0 atom stereocenters. The van der Waals surface area contributed by atoms with E-state index >= 15 is 0 Å². The van der Waals surface area contributed by atoms with Crippen molar-refractivity contribution < 1.29 is 4.79 Å². The molecule has 0 saturated carbocycles. The zero-order valence-corrected chi connectivity index (χ0v) is 12.8. The van der Waals surface area contributed by atoms with Crippen LogP contribution in [-0.2, 0) is 19.5 Å². The minimum Gasteiger partial charge on any atom is -0.399 e. The lowest BCUT2D eigenvalue weighted by atomic mass is 10.1. The monoisotopic (exact) mass is 299 g/mol. The number of hydrogen-bond acceptors (Lipinski definition) is 4. The summed E-state index contributed by atoms with van der Waals surface area (Å²) in [5.74, 6) is 1.73. The summed E-state index contributed by atoms with van der Waals surface area (Å²) in [5, 5.41) is 11.4. The summed E-state index contributed by atoms with van der Waals surface area (Å²) >= 11 is 0. The number of nitrogens with zero attached hydrogens (tertiary/aromatic N) is 3. The van der Waals surface area contributed by atoms with Crippen molar-refractivity contribution in [1.29, 1.82) is 0 Å². The zero-order chi connectivity index (χ0) is 15.5. The van der Waals surface area contributed by atoms with Gasteiger partial charge in [-0.25, -0.2) is 0 Å². The maximum Gasteiger partial charge on any atom is 0.252 e. The molecule has 1 amide bonds. The highest BCUT2D eigenvalue weighted by Crippen LogP contribution is 2.15. The smallest absolute Gasteiger partial charge is 0.252 e. The van der Waals surface area contributed by atoms with Gasteiger partial charge in [0.05, 0.1) is 6.54 Å². The number of nitrogens with one attached hydrogen (secondary N) is 1. The molecule has 6 nitrogen and oxygen atoms in total. The summed E-state index contributed by atoms with van der Waals surface area (Å²) in [6.07, 6.45) is 4.49. The van der Waals surface area contributed by atoms with Crippen LogP contribution in [0.5, 0.6) is 0 Å². The van der Waals surface area contributed by atoms with Crippen LogP contribution in [0.2, 0.25) is 0 Å². The van der Waals surface area contributed by atoms with Crippen LogP contribution >= 0.6 is 0 Å². The van der Waals surface area contributed by atoms with E-state index in [9.17, 15) is 4.79 Å². The molecule has 0 spiro atoms. The lowest BCUT2D eigenvalue weighted by molar-refractivity contribution is 0.0949. The Morgan fingerprint density at radius 2 is 2.18 bits per heavy atom. The highest BCUT2D eigenvalue weighted by Gasteiger charge is 2.16. The number of anilines is 1. The third kappa shape index (κ3) is 2.95. The molecule has 0 radical (unpaired) electrons. The number of fused-ring (bicyclic) bond motifs is 1. The van der Waals surface area contributed by atoms with Gasteiger partial charge in [-0.05, 0) is 37.5 Å². The van der Waals surface area contributed by atoms with Crippen LogP contribution in [0.15, 0.2) is 18.2 Å². The van der Waals surface area contributed by atoms with Gasteiger partial charge in [0.2, 0.25) is 0 Å². The number of carbonyl (C=O) groups excluding carboxylic acids is 1. The minimum absolute atomic E-state index is 0.129. The molecule has 6 heteroatoms. The third-order valence-corrected chi connectivity index (χ3v) is 4.10. The topological polar surface area (TPSA) is 85.8 Å². The standard InChI is InChI=1S/C16H21N5O/c1-11-6-7-12(17)9-13(11)16(22)18-10-15-20-19-14-5-3-2-4-8-21(14)15/h6-7,9H,2-5,8,10,17H2,1H3,(H,18,22). The predicted molar refractivity (Wildman–Crippen MR) is 84.3 cm³/mol. The molecule has 2 heterocycles. The van der Waals surface area contributed by atoms with Crippen molar-refractivity contribution in [2.24, 2.45) is 0 Å². The Bertz CT molecular complexity index is 692. The number of rotatable bonds is 3. The molecule has 22 heavy (non-hydrogen) atoms. The van der Waals surface area contributed by atoms with Crippen molar-refractivity contribution in [3.05, 3.63) is 41.0 Å². The van der Waals surface area contributed by atoms with Gasteiger partial charge in [-0.2, -0.15) is 0 Å². The maximum absolute atomic E-state index is 12.3. The van der Waals surface area contributed by atoms with Crippen molar-refractivity contribution in [3.63, 3.8) is 0 Å². The summed E-state index contributed by atoms with van der Waals surface area (Å²) in [6, 6.07) is 5.35. The molecule has 0 saturated heterocycles. The first-order valence-corrected chi connectivity index (χ1v) is 7.70. The van der Waals surface area contributed by atoms with Gasteiger partial charge in [-0.3, -0.25) is 4.79 Å². The van der Waals surface area contributed by atoms with Crippen molar-refractivity contribution in [3.8, 4) is 0 Å². The lowest BCUT2D eigenvalue weighted by Gasteiger charge is -2.10. The van der Waals surface area contributed by atoms with E-state index in [2.05, 4.69) is 20.1 Å². The van der Waals surface area contributed by atoms with E-state index in [0.29, 0.717) is 17.8 Å². The number of hydrogen-bond donors (Lipinski definition) is 2. The summed E-state index contributed by atoms with van der Waals surface area (Å²) in [4.78, 5) is 12.3. The SMILES string of the molecule is Cc1ccc(N)cc1C(=O)NCc1nnc2n1CCCCC2. The van der Waals surface area contributed by atoms with Crippen LogP contribution in [0.1, 0.15) is 46.8 Å². The second-order valence-corrected chi connectivity index (χ2v) is 5.75. The molecule has 0 aliphatic carbocycles. The normalized spacial score (nSPS) is 14.2. The van der Waals surface area contributed by atoms with Crippen LogP contribution in [-0.4, -0.2) is 20.7 Å². The fraction of sp³-hybridized carbons (Fsp3) is 0.438.